The lowest BCUT2D eigenvalue weighted by Crippen LogP contribution is -2.21. The summed E-state index contributed by atoms with van der Waals surface area (Å²) < 4.78 is 74.5. The molecular weight excluding hydrogens is 929 g/mol. The van der Waals surface area contributed by atoms with Gasteiger partial charge in [-0.25, -0.2) is 36.7 Å². The number of halogens is 1. The van der Waals surface area contributed by atoms with E-state index in [-0.39, 0.29) is 54.8 Å². The number of esters is 3. The fraction of sp³-hybridized carbons (Fsp3) is 0.333. The molecule has 7 N–H and O–H groups in total. The molecule has 0 aliphatic carbocycles. The highest BCUT2D eigenvalue weighted by atomic mass is 79.9. The maximum Gasteiger partial charge on any atom is 0.341 e. The molecule has 0 radical (unpaired) electrons. The molecule has 4 aromatic carbocycles. The van der Waals surface area contributed by atoms with Gasteiger partial charge in [0.05, 0.1) is 22.5 Å². The number of carbonyl (C=O) groups excluding carboxylic acids is 3. The van der Waals surface area contributed by atoms with Gasteiger partial charge in [-0.1, -0.05) is 63.1 Å². The number of hydrogen-bond donors (Lipinski definition) is 5. The zero-order valence-electron chi connectivity index (χ0n) is 35.6. The van der Waals surface area contributed by atoms with Crippen LogP contribution in [0.1, 0.15) is 87.9 Å². The predicted octanol–water partition coefficient (Wildman–Crippen LogP) is 7.73. The van der Waals surface area contributed by atoms with Gasteiger partial charge in [0.2, 0.25) is 26.3 Å². The van der Waals surface area contributed by atoms with Crippen LogP contribution in [0.5, 0.6) is 23.0 Å². The first-order valence-electron chi connectivity index (χ1n) is 19.3. The summed E-state index contributed by atoms with van der Waals surface area (Å²) in [7, 11) is -8.46. The molecule has 63 heavy (non-hydrogen) atoms. The number of anilines is 2. The molecule has 0 fully saturated rings. The number of carboxylic acid groups (broad SMARTS) is 1. The van der Waals surface area contributed by atoms with Crippen molar-refractivity contribution in [2.24, 2.45) is 10.3 Å². The van der Waals surface area contributed by atoms with Gasteiger partial charge in [-0.3, -0.25) is 9.59 Å². The Morgan fingerprint density at radius 3 is 1.38 bits per heavy atom. The number of carbonyl (C=O) groups is 4. The Balaban J connectivity index is 0.000000382. The van der Waals surface area contributed by atoms with E-state index in [9.17, 15) is 41.1 Å². The normalized spacial score (nSPS) is 11.8. The van der Waals surface area contributed by atoms with Gasteiger partial charge in [0, 0.05) is 33.9 Å². The SMILES string of the molecule is CC(=O)OC(C)Br.CCCCNc1cc(C(=O)O)cc(S(N)(=O)=O)c1Oc1ccccc1.CCCCNc1cc(C(=O)OC(C)OC(C)=O)cc(S(N)(=O)=O)c1Oc1ccccc1. The number of primary sulfonamides is 2. The number of alkyl halides is 1. The van der Waals surface area contributed by atoms with Crippen molar-refractivity contribution in [1.29, 1.82) is 0 Å². The molecular formula is C42H53BrN4O14S2. The third-order valence-electron chi connectivity index (χ3n) is 7.76. The molecule has 2 atom stereocenters. The van der Waals surface area contributed by atoms with Crippen molar-refractivity contribution in [3.05, 3.63) is 96.1 Å². The number of nitrogens with two attached hydrogens (primary N) is 2. The summed E-state index contributed by atoms with van der Waals surface area (Å²) >= 11 is 3.03. The molecule has 4 rings (SSSR count). The Hall–Kier alpha value is -5.74. The smallest absolute Gasteiger partial charge is 0.341 e. The Morgan fingerprint density at radius 2 is 1.05 bits per heavy atom. The molecule has 0 aliphatic heterocycles. The van der Waals surface area contributed by atoms with Gasteiger partial charge in [-0.2, -0.15) is 0 Å². The number of nitrogens with one attached hydrogen (secondary N) is 2. The highest BCUT2D eigenvalue weighted by molar-refractivity contribution is 9.09. The van der Waals surface area contributed by atoms with Crippen LogP contribution in [0.2, 0.25) is 0 Å². The van der Waals surface area contributed by atoms with E-state index >= 15 is 0 Å². The maximum absolute atomic E-state index is 12.5. The molecule has 4 aromatic rings. The highest BCUT2D eigenvalue weighted by Gasteiger charge is 2.26. The fourth-order valence-electron chi connectivity index (χ4n) is 5.06. The second-order valence-electron chi connectivity index (χ2n) is 13.2. The summed E-state index contributed by atoms with van der Waals surface area (Å²) in [6, 6.07) is 22.0. The van der Waals surface area contributed by atoms with Crippen LogP contribution in [0.3, 0.4) is 0 Å². The number of unbranched alkanes of at least 4 members (excludes halogenated alkanes) is 2. The van der Waals surface area contributed by atoms with Gasteiger partial charge >= 0.3 is 23.9 Å². The zero-order chi connectivity index (χ0) is 47.3. The van der Waals surface area contributed by atoms with E-state index in [1.807, 2.05) is 13.8 Å². The summed E-state index contributed by atoms with van der Waals surface area (Å²) in [6.45, 7) is 10.7. The maximum atomic E-state index is 12.5. The first-order valence-corrected chi connectivity index (χ1v) is 23.4. The standard InChI is InChI=1S/C21H26N2O7S.C17H20N2O5S.C4H7BrO2/c1-4-5-11-23-18-12-16(21(25)29-15(3)28-14(2)24)13-19(31(22,26)27)20(18)30-17-9-7-6-8-10-17;1-2-3-9-19-14-10-12(17(20)21)11-15(25(18,22)23)16(14)24-13-7-5-4-6-8-13;1-3(5)7-4(2)6/h6-10,12-13,15,23H,4-5,11H2,1-3H3,(H2,22,26,27);4-8,10-11,19H,2-3,9H2,1H3,(H,20,21)(H2,18,22,23);3H,1-2H3. The average molecular weight is 982 g/mol. The molecule has 2 unspecified atom stereocenters. The Bertz CT molecular complexity index is 2370. The molecule has 18 nitrogen and oxygen atoms in total. The second-order valence-corrected chi connectivity index (χ2v) is 17.6. The molecule has 0 aliphatic rings. The van der Waals surface area contributed by atoms with Crippen LogP contribution in [0.25, 0.3) is 0 Å². The van der Waals surface area contributed by atoms with Gasteiger partial charge in [-0.15, -0.1) is 0 Å². The zero-order valence-corrected chi connectivity index (χ0v) is 38.8. The summed E-state index contributed by atoms with van der Waals surface area (Å²) in [6.07, 6.45) is 2.29. The largest absolute Gasteiger partial charge is 0.478 e. The van der Waals surface area contributed by atoms with E-state index in [1.165, 1.54) is 32.9 Å². The van der Waals surface area contributed by atoms with Crippen molar-refractivity contribution < 1.29 is 64.8 Å². The third kappa shape index (κ3) is 19.5. The third-order valence-corrected chi connectivity index (χ3v) is 9.78. The molecule has 0 aromatic heterocycles. The van der Waals surface area contributed by atoms with Crippen LogP contribution < -0.4 is 30.4 Å². The minimum Gasteiger partial charge on any atom is -0.478 e. The first kappa shape index (κ1) is 53.4. The number of para-hydroxylation sites is 2. The van der Waals surface area contributed by atoms with Crippen LogP contribution in [-0.4, -0.2) is 70.2 Å². The lowest BCUT2D eigenvalue weighted by molar-refractivity contribution is -0.162. The molecule has 344 valence electrons. The van der Waals surface area contributed by atoms with E-state index < -0.39 is 44.2 Å². The van der Waals surface area contributed by atoms with Crippen LogP contribution in [0.4, 0.5) is 11.4 Å². The number of ether oxygens (including phenoxy) is 5. The first-order chi connectivity index (χ1) is 29.6. The monoisotopic (exact) mass is 980 g/mol. The van der Waals surface area contributed by atoms with Crippen LogP contribution in [0.15, 0.2) is 94.7 Å². The molecule has 0 saturated heterocycles. The van der Waals surface area contributed by atoms with E-state index in [2.05, 4.69) is 31.3 Å². The average Bonchev–Trinajstić information content (AvgIpc) is 3.18. The summed E-state index contributed by atoms with van der Waals surface area (Å²) in [4.78, 5) is 44.2. The van der Waals surface area contributed by atoms with E-state index in [0.717, 1.165) is 37.8 Å². The van der Waals surface area contributed by atoms with Gasteiger partial charge in [0.1, 0.15) is 21.3 Å². The summed E-state index contributed by atoms with van der Waals surface area (Å²) in [5.74, 6) is -2.27. The van der Waals surface area contributed by atoms with E-state index in [1.54, 1.807) is 67.6 Å². The van der Waals surface area contributed by atoms with E-state index in [0.29, 0.717) is 24.6 Å². The fourth-order valence-corrected chi connectivity index (χ4v) is 6.73. The highest BCUT2D eigenvalue weighted by Crippen LogP contribution is 2.39. The van der Waals surface area contributed by atoms with Crippen molar-refractivity contribution >= 4 is 71.2 Å². The van der Waals surface area contributed by atoms with Crippen molar-refractivity contribution in [2.75, 3.05) is 23.7 Å². The Kier molecular flexibility index (Phi) is 22.1. The second kappa shape index (κ2) is 26.0. The Morgan fingerprint density at radius 1 is 0.651 bits per heavy atom. The molecule has 0 heterocycles. The number of benzene rings is 4. The topological polar surface area (TPSA) is 279 Å². The number of sulfonamides is 2. The van der Waals surface area contributed by atoms with Gasteiger partial charge < -0.3 is 39.4 Å². The number of aromatic carboxylic acids is 1. The van der Waals surface area contributed by atoms with Crippen molar-refractivity contribution in [3.63, 3.8) is 0 Å². The number of carboxylic acids is 1. The lowest BCUT2D eigenvalue weighted by Gasteiger charge is -2.18. The predicted molar refractivity (Wildman–Crippen MR) is 239 cm³/mol. The lowest BCUT2D eigenvalue weighted by atomic mass is 10.1. The molecule has 0 bridgehead atoms. The Labute approximate surface area is 375 Å². The molecule has 0 saturated carbocycles. The van der Waals surface area contributed by atoms with Crippen molar-refractivity contribution in [1.82, 2.24) is 0 Å². The van der Waals surface area contributed by atoms with Gasteiger partial charge in [0.15, 0.2) is 16.5 Å². The van der Waals surface area contributed by atoms with Crippen molar-refractivity contribution in [2.45, 2.75) is 88.3 Å². The molecule has 0 spiro atoms. The summed E-state index contributed by atoms with van der Waals surface area (Å²) in [5, 5.41) is 25.9. The van der Waals surface area contributed by atoms with Crippen LogP contribution in [0, 0.1) is 0 Å². The van der Waals surface area contributed by atoms with Crippen LogP contribution >= 0.6 is 15.9 Å². The summed E-state index contributed by atoms with van der Waals surface area (Å²) in [5.41, 5.74) is 0.239. The quantitative estimate of drug-likeness (QED) is 0.0260. The van der Waals surface area contributed by atoms with Gasteiger partial charge in [-0.05, 0) is 84.2 Å². The molecule has 21 heteroatoms. The molecule has 0 amide bonds. The van der Waals surface area contributed by atoms with Gasteiger partial charge in [0.25, 0.3) is 0 Å². The van der Waals surface area contributed by atoms with Crippen LogP contribution in [-0.2, 0) is 43.8 Å². The number of rotatable bonds is 19. The minimum atomic E-state index is -4.27. The van der Waals surface area contributed by atoms with E-state index in [4.69, 9.17) is 29.2 Å². The van der Waals surface area contributed by atoms with Crippen molar-refractivity contribution in [3.8, 4) is 23.0 Å². The number of hydrogen-bond acceptors (Lipinski definition) is 15. The minimum absolute atomic E-state index is 0.0187.